The molecule has 0 radical (unpaired) electrons. The number of aromatic nitrogens is 8. The summed E-state index contributed by atoms with van der Waals surface area (Å²) in [5, 5.41) is 5.00. The number of terminal acetylenes is 1. The Kier molecular flexibility index (Phi) is 6.40. The van der Waals surface area contributed by atoms with Crippen molar-refractivity contribution in [3.05, 3.63) is 65.9 Å². The molecule has 0 spiro atoms. The standard InChI is InChI=1S/C28H22F4N8O/c1-4-20(16-8-9-18(19(29)10-16)26-37-21(28(30,31)32)13-39(26)5-2)40-25-17(12-36-40)11-33-24(38-25)22-23(15-6-7-15)34-14-35-27(22)41-3/h1,8-15,20H,5-7H2,2-3H3/t20-/m0/s1. The highest BCUT2D eigenvalue weighted by atomic mass is 19.4. The molecule has 0 aliphatic heterocycles. The molecule has 0 unspecified atom stereocenters. The van der Waals surface area contributed by atoms with Gasteiger partial charge in [0.15, 0.2) is 17.2 Å². The first kappa shape index (κ1) is 26.4. The average Bonchev–Trinajstić information content (AvgIpc) is 3.58. The van der Waals surface area contributed by atoms with Crippen LogP contribution in [0.3, 0.4) is 0 Å². The molecule has 1 atom stereocenters. The molecule has 0 N–H and O–H groups in total. The maximum absolute atomic E-state index is 15.4. The zero-order chi connectivity index (χ0) is 28.9. The van der Waals surface area contributed by atoms with Crippen molar-refractivity contribution in [2.75, 3.05) is 7.11 Å². The summed E-state index contributed by atoms with van der Waals surface area (Å²) < 4.78 is 63.4. The molecule has 0 amide bonds. The van der Waals surface area contributed by atoms with Crippen LogP contribution in [0.25, 0.3) is 33.8 Å². The molecule has 1 aliphatic rings. The van der Waals surface area contributed by atoms with E-state index in [0.29, 0.717) is 33.9 Å². The summed E-state index contributed by atoms with van der Waals surface area (Å²) in [6.45, 7) is 1.82. The first-order valence-electron chi connectivity index (χ1n) is 12.7. The normalized spacial score (nSPS) is 14.3. The topological polar surface area (TPSA) is 96.4 Å². The predicted octanol–water partition coefficient (Wildman–Crippen LogP) is 5.43. The maximum Gasteiger partial charge on any atom is 0.434 e. The smallest absolute Gasteiger partial charge is 0.434 e. The Morgan fingerprint density at radius 1 is 1.15 bits per heavy atom. The number of methoxy groups -OCH3 is 1. The van der Waals surface area contributed by atoms with Gasteiger partial charge in [0.1, 0.15) is 29.6 Å². The van der Waals surface area contributed by atoms with Crippen LogP contribution in [0.4, 0.5) is 17.6 Å². The van der Waals surface area contributed by atoms with Gasteiger partial charge in [0.2, 0.25) is 5.88 Å². The molecule has 1 aliphatic carbocycles. The lowest BCUT2D eigenvalue weighted by Gasteiger charge is -2.15. The van der Waals surface area contributed by atoms with Crippen LogP contribution in [-0.2, 0) is 12.7 Å². The summed E-state index contributed by atoms with van der Waals surface area (Å²) in [4.78, 5) is 21.6. The molecule has 208 valence electrons. The molecule has 1 aromatic carbocycles. The predicted molar refractivity (Wildman–Crippen MR) is 140 cm³/mol. The molecule has 13 heteroatoms. The second-order valence-corrected chi connectivity index (χ2v) is 9.52. The summed E-state index contributed by atoms with van der Waals surface area (Å²) in [6.07, 6.45) is 8.67. The summed E-state index contributed by atoms with van der Waals surface area (Å²) in [5.74, 6) is 2.66. The van der Waals surface area contributed by atoms with E-state index in [1.54, 1.807) is 25.4 Å². The number of nitrogens with zero attached hydrogens (tertiary/aromatic N) is 8. The number of hydrogen-bond donors (Lipinski definition) is 0. The molecular weight excluding hydrogens is 540 g/mol. The number of aryl methyl sites for hydroxylation is 1. The number of halogens is 4. The molecule has 0 saturated heterocycles. The van der Waals surface area contributed by atoms with E-state index in [1.165, 1.54) is 34.8 Å². The number of rotatable bonds is 7. The quantitative estimate of drug-likeness (QED) is 0.193. The third-order valence-electron chi connectivity index (χ3n) is 6.92. The van der Waals surface area contributed by atoms with Gasteiger partial charge in [-0.25, -0.2) is 34.0 Å². The van der Waals surface area contributed by atoms with E-state index in [4.69, 9.17) is 16.1 Å². The molecule has 1 fully saturated rings. The van der Waals surface area contributed by atoms with Gasteiger partial charge >= 0.3 is 6.18 Å². The third kappa shape index (κ3) is 4.65. The van der Waals surface area contributed by atoms with Crippen molar-refractivity contribution in [2.24, 2.45) is 0 Å². The van der Waals surface area contributed by atoms with E-state index in [-0.39, 0.29) is 23.9 Å². The highest BCUT2D eigenvalue weighted by Gasteiger charge is 2.35. The zero-order valence-electron chi connectivity index (χ0n) is 21.9. The monoisotopic (exact) mass is 562 g/mol. The molecule has 5 aromatic rings. The van der Waals surface area contributed by atoms with Crippen molar-refractivity contribution in [1.29, 1.82) is 0 Å². The lowest BCUT2D eigenvalue weighted by molar-refractivity contribution is -0.140. The molecule has 0 bridgehead atoms. The molecular formula is C28H22F4N8O. The maximum atomic E-state index is 15.4. The molecule has 4 aromatic heterocycles. The summed E-state index contributed by atoms with van der Waals surface area (Å²) >= 11 is 0. The zero-order valence-corrected chi connectivity index (χ0v) is 21.9. The van der Waals surface area contributed by atoms with Gasteiger partial charge in [0.25, 0.3) is 0 Å². The van der Waals surface area contributed by atoms with Gasteiger partial charge < -0.3 is 9.30 Å². The SMILES string of the molecule is C#C[C@@H](c1ccc(-c2nc(C(F)(F)F)cn2CC)c(F)c1)n1ncc2cnc(-c3c(OC)ncnc3C3CC3)nc21. The van der Waals surface area contributed by atoms with Crippen LogP contribution in [0.2, 0.25) is 0 Å². The van der Waals surface area contributed by atoms with Crippen LogP contribution in [0.15, 0.2) is 43.1 Å². The van der Waals surface area contributed by atoms with Crippen LogP contribution < -0.4 is 4.74 Å². The fourth-order valence-electron chi connectivity index (χ4n) is 4.76. The largest absolute Gasteiger partial charge is 0.480 e. The van der Waals surface area contributed by atoms with Gasteiger partial charge in [0, 0.05) is 24.9 Å². The lowest BCUT2D eigenvalue weighted by atomic mass is 10.0. The molecule has 1 saturated carbocycles. The van der Waals surface area contributed by atoms with Gasteiger partial charge in [-0.15, -0.1) is 6.42 Å². The minimum absolute atomic E-state index is 0.0828. The Morgan fingerprint density at radius 2 is 1.95 bits per heavy atom. The van der Waals surface area contributed by atoms with Gasteiger partial charge in [-0.05, 0) is 37.5 Å². The van der Waals surface area contributed by atoms with Crippen LogP contribution in [0, 0.1) is 18.2 Å². The average molecular weight is 563 g/mol. The van der Waals surface area contributed by atoms with Gasteiger partial charge in [0.05, 0.1) is 30.0 Å². The van der Waals surface area contributed by atoms with Gasteiger partial charge in [-0.1, -0.05) is 12.0 Å². The Bertz CT molecular complexity index is 1820. The first-order chi connectivity index (χ1) is 19.7. The fourth-order valence-corrected chi connectivity index (χ4v) is 4.76. The van der Waals surface area contributed by atoms with E-state index in [9.17, 15) is 13.2 Å². The van der Waals surface area contributed by atoms with E-state index < -0.39 is 23.7 Å². The lowest BCUT2D eigenvalue weighted by Crippen LogP contribution is -2.12. The van der Waals surface area contributed by atoms with E-state index in [2.05, 4.69) is 31.0 Å². The van der Waals surface area contributed by atoms with Crippen LogP contribution in [0.1, 0.15) is 48.7 Å². The number of hydrogen-bond acceptors (Lipinski definition) is 7. The Hall–Kier alpha value is -4.86. The third-order valence-corrected chi connectivity index (χ3v) is 6.92. The summed E-state index contributed by atoms with van der Waals surface area (Å²) in [7, 11) is 1.51. The van der Waals surface area contributed by atoms with Gasteiger partial charge in [-0.3, -0.25) is 0 Å². The molecule has 9 nitrogen and oxygen atoms in total. The van der Waals surface area contributed by atoms with Crippen LogP contribution >= 0.6 is 0 Å². The van der Waals surface area contributed by atoms with E-state index >= 15 is 4.39 Å². The number of ether oxygens (including phenoxy) is 1. The van der Waals surface area contributed by atoms with Crippen molar-refractivity contribution < 1.29 is 22.3 Å². The van der Waals surface area contributed by atoms with E-state index in [1.807, 2.05) is 0 Å². The van der Waals surface area contributed by atoms with Crippen molar-refractivity contribution in [2.45, 2.75) is 44.4 Å². The number of fused-ring (bicyclic) bond motifs is 1. The minimum Gasteiger partial charge on any atom is -0.480 e. The summed E-state index contributed by atoms with van der Waals surface area (Å²) in [6, 6.07) is 3.20. The Morgan fingerprint density at radius 3 is 2.61 bits per heavy atom. The highest BCUT2D eigenvalue weighted by Crippen LogP contribution is 2.45. The summed E-state index contributed by atoms with van der Waals surface area (Å²) in [5.41, 5.74) is 0.955. The number of benzene rings is 1. The van der Waals surface area contributed by atoms with Gasteiger partial charge in [-0.2, -0.15) is 18.3 Å². The second kappa shape index (κ2) is 9.96. The molecule has 41 heavy (non-hydrogen) atoms. The van der Waals surface area contributed by atoms with Crippen molar-refractivity contribution in [1.82, 2.24) is 39.3 Å². The second-order valence-electron chi connectivity index (χ2n) is 9.52. The first-order valence-corrected chi connectivity index (χ1v) is 12.7. The minimum atomic E-state index is -4.66. The van der Waals surface area contributed by atoms with Crippen molar-refractivity contribution in [3.8, 4) is 41.0 Å². The van der Waals surface area contributed by atoms with E-state index in [0.717, 1.165) is 24.7 Å². The Labute approximate surface area is 231 Å². The van der Waals surface area contributed by atoms with Crippen molar-refractivity contribution in [3.63, 3.8) is 0 Å². The molecule has 4 heterocycles. The Balaban J connectivity index is 1.41. The number of imidazole rings is 1. The number of alkyl halides is 3. The molecule has 6 rings (SSSR count). The highest BCUT2D eigenvalue weighted by molar-refractivity contribution is 5.78. The van der Waals surface area contributed by atoms with Crippen LogP contribution in [-0.4, -0.2) is 46.4 Å². The van der Waals surface area contributed by atoms with Crippen molar-refractivity contribution >= 4 is 11.0 Å². The van der Waals surface area contributed by atoms with Crippen LogP contribution in [0.5, 0.6) is 5.88 Å². The fraction of sp³-hybridized carbons (Fsp3) is 0.286.